The summed E-state index contributed by atoms with van der Waals surface area (Å²) in [5.41, 5.74) is 5.05. The van der Waals surface area contributed by atoms with Gasteiger partial charge in [0, 0.05) is 22.8 Å². The maximum atomic E-state index is 13.5. The molecule has 2 unspecified atom stereocenters. The first kappa shape index (κ1) is 29.3. The molecule has 0 bridgehead atoms. The fraction of sp³-hybridized carbons (Fsp3) is 0.265. The molecule has 3 heterocycles. The number of esters is 2. The number of carbonyl (C=O) groups excluding carboxylic acids is 3. The van der Waals surface area contributed by atoms with Crippen molar-refractivity contribution in [3.05, 3.63) is 100 Å². The molecule has 0 fully saturated rings. The summed E-state index contributed by atoms with van der Waals surface area (Å²) in [6.45, 7) is 3.75. The van der Waals surface area contributed by atoms with Crippen LogP contribution in [0.5, 0.6) is 0 Å². The molecular weight excluding hydrogens is 576 g/mol. The van der Waals surface area contributed by atoms with Crippen LogP contribution < -0.4 is 5.32 Å². The summed E-state index contributed by atoms with van der Waals surface area (Å²) in [5, 5.41) is 3.33. The van der Waals surface area contributed by atoms with Crippen molar-refractivity contribution in [3.63, 3.8) is 0 Å². The SMILES string of the molecule is CCOC(=O)c1c(NC(=O)C(CC)OC(=O)c2ccc3nc(-c4cccnc4)[nH]c3c2)sc2c1CCC(c1ccccc1)C2. The quantitative estimate of drug-likeness (QED) is 0.178. The van der Waals surface area contributed by atoms with E-state index in [1.165, 1.54) is 16.9 Å². The molecule has 0 radical (unpaired) electrons. The van der Waals surface area contributed by atoms with E-state index in [1.807, 2.05) is 30.3 Å². The molecule has 6 rings (SSSR count). The van der Waals surface area contributed by atoms with Crippen LogP contribution in [0.15, 0.2) is 73.1 Å². The lowest BCUT2D eigenvalue weighted by Crippen LogP contribution is -2.32. The number of aromatic nitrogens is 3. The summed E-state index contributed by atoms with van der Waals surface area (Å²) in [5.74, 6) is -0.616. The normalized spacial score (nSPS) is 14.9. The molecule has 0 spiro atoms. The summed E-state index contributed by atoms with van der Waals surface area (Å²) in [7, 11) is 0. The van der Waals surface area contributed by atoms with E-state index in [4.69, 9.17) is 9.47 Å². The van der Waals surface area contributed by atoms with Crippen molar-refractivity contribution in [2.45, 2.75) is 51.6 Å². The number of aromatic amines is 1. The lowest BCUT2D eigenvalue weighted by atomic mass is 9.83. The third-order valence-electron chi connectivity index (χ3n) is 7.82. The van der Waals surface area contributed by atoms with E-state index in [1.54, 1.807) is 44.4 Å². The number of hydrogen-bond acceptors (Lipinski definition) is 8. The Morgan fingerprint density at radius 3 is 2.66 bits per heavy atom. The number of rotatable bonds is 9. The van der Waals surface area contributed by atoms with Crippen molar-refractivity contribution in [3.8, 4) is 11.4 Å². The molecule has 2 aromatic carbocycles. The van der Waals surface area contributed by atoms with Crippen LogP contribution in [-0.4, -0.2) is 45.5 Å². The number of thiophene rings is 1. The number of hydrogen-bond donors (Lipinski definition) is 2. The van der Waals surface area contributed by atoms with E-state index in [0.29, 0.717) is 39.8 Å². The van der Waals surface area contributed by atoms with Gasteiger partial charge in [-0.2, -0.15) is 0 Å². The van der Waals surface area contributed by atoms with E-state index in [0.717, 1.165) is 28.8 Å². The largest absolute Gasteiger partial charge is 0.462 e. The van der Waals surface area contributed by atoms with Crippen LogP contribution in [0.2, 0.25) is 0 Å². The van der Waals surface area contributed by atoms with Crippen molar-refractivity contribution in [2.75, 3.05) is 11.9 Å². The van der Waals surface area contributed by atoms with Gasteiger partial charge in [0.1, 0.15) is 10.8 Å². The highest BCUT2D eigenvalue weighted by Gasteiger charge is 2.32. The van der Waals surface area contributed by atoms with Crippen LogP contribution in [0.1, 0.15) is 69.3 Å². The fourth-order valence-electron chi connectivity index (χ4n) is 5.59. The van der Waals surface area contributed by atoms with Gasteiger partial charge in [0.15, 0.2) is 6.10 Å². The predicted molar refractivity (Wildman–Crippen MR) is 169 cm³/mol. The summed E-state index contributed by atoms with van der Waals surface area (Å²) < 4.78 is 11.1. The van der Waals surface area contributed by atoms with E-state index in [-0.39, 0.29) is 18.6 Å². The Bertz CT molecular complexity index is 1820. The number of benzene rings is 2. The van der Waals surface area contributed by atoms with Crippen LogP contribution in [-0.2, 0) is 27.1 Å². The zero-order chi connectivity index (χ0) is 30.6. The van der Waals surface area contributed by atoms with Gasteiger partial charge in [0.25, 0.3) is 5.91 Å². The van der Waals surface area contributed by atoms with E-state index in [9.17, 15) is 14.4 Å². The lowest BCUT2D eigenvalue weighted by molar-refractivity contribution is -0.124. The summed E-state index contributed by atoms with van der Waals surface area (Å²) in [6.07, 6.45) is 4.97. The number of anilines is 1. The van der Waals surface area contributed by atoms with Crippen LogP contribution in [0.25, 0.3) is 22.4 Å². The minimum atomic E-state index is -1.06. The Morgan fingerprint density at radius 1 is 1.07 bits per heavy atom. The number of fused-ring (bicyclic) bond motifs is 2. The van der Waals surface area contributed by atoms with Crippen molar-refractivity contribution in [1.29, 1.82) is 0 Å². The van der Waals surface area contributed by atoms with E-state index in [2.05, 4.69) is 32.4 Å². The third kappa shape index (κ3) is 5.98. The van der Waals surface area contributed by atoms with Crippen LogP contribution >= 0.6 is 11.3 Å². The number of carbonyl (C=O) groups is 3. The molecule has 9 nitrogen and oxygen atoms in total. The molecule has 5 aromatic rings. The van der Waals surface area contributed by atoms with Crippen molar-refractivity contribution in [1.82, 2.24) is 15.0 Å². The molecule has 0 saturated heterocycles. The first-order valence-corrected chi connectivity index (χ1v) is 15.5. The lowest BCUT2D eigenvalue weighted by Gasteiger charge is -2.23. The first-order chi connectivity index (χ1) is 21.4. The monoisotopic (exact) mass is 608 g/mol. The average Bonchev–Trinajstić information content (AvgIpc) is 3.65. The van der Waals surface area contributed by atoms with Gasteiger partial charge in [-0.05, 0) is 80.0 Å². The average molecular weight is 609 g/mol. The Balaban J connectivity index is 1.19. The zero-order valence-electron chi connectivity index (χ0n) is 24.5. The van der Waals surface area contributed by atoms with Gasteiger partial charge in [-0.25, -0.2) is 14.6 Å². The highest BCUT2D eigenvalue weighted by molar-refractivity contribution is 7.17. The fourth-order valence-corrected chi connectivity index (χ4v) is 6.91. The number of ether oxygens (including phenoxy) is 2. The predicted octanol–water partition coefficient (Wildman–Crippen LogP) is 6.71. The van der Waals surface area contributed by atoms with Crippen molar-refractivity contribution < 1.29 is 23.9 Å². The Hall–Kier alpha value is -4.83. The summed E-state index contributed by atoms with van der Waals surface area (Å²) >= 11 is 1.40. The van der Waals surface area contributed by atoms with Gasteiger partial charge in [-0.3, -0.25) is 9.78 Å². The van der Waals surface area contributed by atoms with Crippen molar-refractivity contribution in [2.24, 2.45) is 0 Å². The number of pyridine rings is 1. The van der Waals surface area contributed by atoms with E-state index >= 15 is 0 Å². The standard InChI is InChI=1S/C34H32N4O5S/c1-3-27(43-33(40)22-13-15-25-26(17-22)37-30(36-25)23-11-8-16-35-19-23)31(39)38-32-29(34(41)42-4-2)24-14-12-21(18-28(24)44-32)20-9-6-5-7-10-20/h5-11,13,15-17,19,21,27H,3-4,12,14,18H2,1-2H3,(H,36,37)(H,38,39). The first-order valence-electron chi connectivity index (χ1n) is 14.7. The highest BCUT2D eigenvalue weighted by Crippen LogP contribution is 2.43. The Labute approximate surface area is 258 Å². The third-order valence-corrected chi connectivity index (χ3v) is 8.99. The Morgan fingerprint density at radius 2 is 1.91 bits per heavy atom. The molecule has 0 aliphatic heterocycles. The zero-order valence-corrected chi connectivity index (χ0v) is 25.3. The number of imidazole rings is 1. The molecule has 10 heteroatoms. The molecule has 1 amide bonds. The summed E-state index contributed by atoms with van der Waals surface area (Å²) in [6, 6.07) is 19.1. The van der Waals surface area contributed by atoms with Gasteiger partial charge in [-0.15, -0.1) is 11.3 Å². The topological polar surface area (TPSA) is 123 Å². The molecule has 0 saturated carbocycles. The second-order valence-electron chi connectivity index (χ2n) is 10.6. The van der Waals surface area contributed by atoms with Gasteiger partial charge >= 0.3 is 11.9 Å². The molecule has 2 atom stereocenters. The second-order valence-corrected chi connectivity index (χ2v) is 11.7. The molecule has 2 N–H and O–H groups in total. The van der Waals surface area contributed by atoms with E-state index < -0.39 is 23.9 Å². The molecule has 3 aromatic heterocycles. The van der Waals surface area contributed by atoms with Gasteiger partial charge in [0.2, 0.25) is 0 Å². The number of amides is 1. The number of nitrogens with one attached hydrogen (secondary N) is 2. The van der Waals surface area contributed by atoms with Gasteiger partial charge < -0.3 is 19.8 Å². The number of nitrogens with zero attached hydrogens (tertiary/aromatic N) is 2. The second kappa shape index (κ2) is 12.8. The molecule has 1 aliphatic carbocycles. The maximum absolute atomic E-state index is 13.5. The molecular formula is C34H32N4O5S. The minimum absolute atomic E-state index is 0.225. The van der Waals surface area contributed by atoms with Crippen LogP contribution in [0.3, 0.4) is 0 Å². The Kier molecular flexibility index (Phi) is 8.51. The van der Waals surface area contributed by atoms with Crippen LogP contribution in [0.4, 0.5) is 5.00 Å². The molecule has 224 valence electrons. The maximum Gasteiger partial charge on any atom is 0.341 e. The number of H-pyrrole nitrogens is 1. The smallest absolute Gasteiger partial charge is 0.341 e. The van der Waals surface area contributed by atoms with Gasteiger partial charge in [0.05, 0.1) is 28.8 Å². The van der Waals surface area contributed by atoms with Crippen LogP contribution in [0, 0.1) is 0 Å². The molecule has 44 heavy (non-hydrogen) atoms. The highest BCUT2D eigenvalue weighted by atomic mass is 32.1. The minimum Gasteiger partial charge on any atom is -0.462 e. The molecule has 1 aliphatic rings. The van der Waals surface area contributed by atoms with Crippen molar-refractivity contribution >= 4 is 45.2 Å². The summed E-state index contributed by atoms with van der Waals surface area (Å²) in [4.78, 5) is 52.7. The van der Waals surface area contributed by atoms with Gasteiger partial charge in [-0.1, -0.05) is 37.3 Å².